The van der Waals surface area contributed by atoms with E-state index in [-0.39, 0.29) is 17.0 Å². The van der Waals surface area contributed by atoms with Crippen LogP contribution in [0.15, 0.2) is 0 Å². The number of thiazole rings is 1. The summed E-state index contributed by atoms with van der Waals surface area (Å²) >= 11 is 1.28. The van der Waals surface area contributed by atoms with Gasteiger partial charge in [0.2, 0.25) is 0 Å². The Balaban J connectivity index is 2.71. The number of aromatic nitrogens is 1. The molecule has 0 spiro atoms. The predicted molar refractivity (Wildman–Crippen MR) is 85.9 cm³/mol. The van der Waals surface area contributed by atoms with Crippen LogP contribution < -0.4 is 16.0 Å². The molecule has 1 heterocycles. The molecule has 20 heavy (non-hydrogen) atoms. The van der Waals surface area contributed by atoms with E-state index in [1.54, 1.807) is 6.26 Å². The molecule has 0 aliphatic carbocycles. The molecule has 0 aliphatic heterocycles. The van der Waals surface area contributed by atoms with Crippen LogP contribution in [0.25, 0.3) is 0 Å². The fourth-order valence-electron chi connectivity index (χ4n) is 1.51. The van der Waals surface area contributed by atoms with E-state index >= 15 is 0 Å². The Morgan fingerprint density at radius 2 is 2.25 bits per heavy atom. The molecule has 2 atom stereocenters. The topological polar surface area (TPSA) is 88.3 Å². The lowest BCUT2D eigenvalue weighted by Gasteiger charge is -2.13. The molecule has 0 aliphatic rings. The first-order valence-corrected chi connectivity index (χ1v) is 8.88. The molecule has 1 amide bonds. The molecule has 0 fully saturated rings. The Bertz CT molecular complexity index is 490. The van der Waals surface area contributed by atoms with Gasteiger partial charge in [0.25, 0.3) is 5.91 Å². The molecule has 0 aromatic carbocycles. The molecule has 0 saturated heterocycles. The second kappa shape index (κ2) is 7.58. The molecular formula is C12H22N4O2S2. The minimum Gasteiger partial charge on any atom is -0.382 e. The average molecular weight is 318 g/mol. The van der Waals surface area contributed by atoms with Gasteiger partial charge in [0.15, 0.2) is 5.13 Å². The van der Waals surface area contributed by atoms with Crippen molar-refractivity contribution in [3.05, 3.63) is 4.88 Å². The molecule has 1 aromatic rings. The number of hydrogen-bond acceptors (Lipinski definition) is 6. The number of nitrogens with two attached hydrogens (primary N) is 1. The highest BCUT2D eigenvalue weighted by Crippen LogP contribution is 2.27. The zero-order valence-corrected chi connectivity index (χ0v) is 13.9. The largest absolute Gasteiger partial charge is 0.382 e. The number of nitrogen functional groups attached to an aromatic ring is 1. The predicted octanol–water partition coefficient (Wildman–Crippen LogP) is 1.07. The van der Waals surface area contributed by atoms with Gasteiger partial charge in [-0.2, -0.15) is 0 Å². The second-order valence-corrected chi connectivity index (χ2v) is 7.43. The fourth-order valence-corrected chi connectivity index (χ4v) is 2.72. The molecule has 1 aromatic heterocycles. The van der Waals surface area contributed by atoms with E-state index in [0.717, 1.165) is 18.1 Å². The van der Waals surface area contributed by atoms with Gasteiger partial charge in [0.1, 0.15) is 10.7 Å². The van der Waals surface area contributed by atoms with Crippen LogP contribution in [0.5, 0.6) is 0 Å². The van der Waals surface area contributed by atoms with E-state index in [2.05, 4.69) is 17.2 Å². The van der Waals surface area contributed by atoms with Crippen LogP contribution in [0, 0.1) is 0 Å². The molecule has 0 bridgehead atoms. The number of carbonyl (C=O) groups is 1. The van der Waals surface area contributed by atoms with Crippen molar-refractivity contribution in [2.24, 2.45) is 0 Å². The highest BCUT2D eigenvalue weighted by molar-refractivity contribution is 7.84. The number of nitrogens with one attached hydrogen (secondary N) is 1. The first-order chi connectivity index (χ1) is 9.36. The van der Waals surface area contributed by atoms with Crippen molar-refractivity contribution in [1.29, 1.82) is 0 Å². The Morgan fingerprint density at radius 3 is 2.80 bits per heavy atom. The number of anilines is 2. The third-order valence-electron chi connectivity index (χ3n) is 2.85. The summed E-state index contributed by atoms with van der Waals surface area (Å²) in [7, 11) is 0.963. The quantitative estimate of drug-likeness (QED) is 0.785. The summed E-state index contributed by atoms with van der Waals surface area (Å²) in [5.74, 6) is -0.0100. The zero-order chi connectivity index (χ0) is 15.3. The fraction of sp³-hybridized carbons (Fsp3) is 0.667. The van der Waals surface area contributed by atoms with Gasteiger partial charge in [-0.05, 0) is 13.3 Å². The van der Waals surface area contributed by atoms with Crippen LogP contribution in [0.2, 0.25) is 0 Å². The lowest BCUT2D eigenvalue weighted by Crippen LogP contribution is -2.32. The Labute approximate surface area is 126 Å². The van der Waals surface area contributed by atoms with Gasteiger partial charge >= 0.3 is 0 Å². The van der Waals surface area contributed by atoms with Crippen LogP contribution in [0.1, 0.15) is 29.9 Å². The summed E-state index contributed by atoms with van der Waals surface area (Å²) < 4.78 is 11.2. The molecule has 6 nitrogen and oxygen atoms in total. The summed E-state index contributed by atoms with van der Waals surface area (Å²) in [4.78, 5) is 18.6. The maximum atomic E-state index is 12.0. The molecule has 3 N–H and O–H groups in total. The molecule has 0 radical (unpaired) electrons. The van der Waals surface area contributed by atoms with E-state index < -0.39 is 10.8 Å². The van der Waals surface area contributed by atoms with Gasteiger partial charge in [0.05, 0.1) is 0 Å². The van der Waals surface area contributed by atoms with Crippen molar-refractivity contribution in [3.63, 3.8) is 0 Å². The Kier molecular flexibility index (Phi) is 6.41. The Morgan fingerprint density at radius 1 is 1.60 bits per heavy atom. The van der Waals surface area contributed by atoms with Crippen molar-refractivity contribution < 1.29 is 9.00 Å². The molecule has 114 valence electrons. The Hall–Kier alpha value is -1.15. The summed E-state index contributed by atoms with van der Waals surface area (Å²) in [5.41, 5.74) is 5.79. The van der Waals surface area contributed by atoms with Crippen LogP contribution in [0.4, 0.5) is 10.9 Å². The minimum absolute atomic E-state index is 0.0877. The van der Waals surface area contributed by atoms with Crippen molar-refractivity contribution in [3.8, 4) is 0 Å². The van der Waals surface area contributed by atoms with Gasteiger partial charge in [0, 0.05) is 42.4 Å². The standard InChI is InChI=1S/C12H22N4O2S2/c1-5-6-16(3)12-15-10(13)9(19-12)11(17)14-7-8(2)20(4)18/h8H,5-7,13H2,1-4H3,(H,14,17). The van der Waals surface area contributed by atoms with Crippen LogP contribution in [-0.2, 0) is 10.8 Å². The maximum absolute atomic E-state index is 12.0. The van der Waals surface area contributed by atoms with Crippen LogP contribution >= 0.6 is 11.3 Å². The molecule has 2 unspecified atom stereocenters. The minimum atomic E-state index is -0.960. The SMILES string of the molecule is CCCN(C)c1nc(N)c(C(=O)NCC(C)S(C)=O)s1. The second-order valence-electron chi connectivity index (χ2n) is 4.65. The lowest BCUT2D eigenvalue weighted by atomic mass is 10.4. The highest BCUT2D eigenvalue weighted by atomic mass is 32.2. The van der Waals surface area contributed by atoms with E-state index in [9.17, 15) is 9.00 Å². The first-order valence-electron chi connectivity index (χ1n) is 6.44. The van der Waals surface area contributed by atoms with Crippen LogP contribution in [-0.4, -0.2) is 46.7 Å². The number of amides is 1. The van der Waals surface area contributed by atoms with Crippen molar-refractivity contribution in [2.45, 2.75) is 25.5 Å². The number of nitrogens with zero attached hydrogens (tertiary/aromatic N) is 2. The molecule has 8 heteroatoms. The summed E-state index contributed by atoms with van der Waals surface area (Å²) in [6.45, 7) is 5.12. The van der Waals surface area contributed by atoms with Gasteiger partial charge in [-0.25, -0.2) is 4.98 Å². The summed E-state index contributed by atoms with van der Waals surface area (Å²) in [5, 5.41) is 3.40. The number of rotatable bonds is 7. The van der Waals surface area contributed by atoms with E-state index in [1.165, 1.54) is 11.3 Å². The van der Waals surface area contributed by atoms with Crippen molar-refractivity contribution in [1.82, 2.24) is 10.3 Å². The highest BCUT2D eigenvalue weighted by Gasteiger charge is 2.18. The summed E-state index contributed by atoms with van der Waals surface area (Å²) in [6, 6.07) is 0. The van der Waals surface area contributed by atoms with E-state index in [4.69, 9.17) is 5.73 Å². The zero-order valence-electron chi connectivity index (χ0n) is 12.3. The van der Waals surface area contributed by atoms with Crippen LogP contribution in [0.3, 0.4) is 0 Å². The normalized spacial score (nSPS) is 13.8. The summed E-state index contributed by atoms with van der Waals surface area (Å²) in [6.07, 6.45) is 2.62. The van der Waals surface area contributed by atoms with E-state index in [0.29, 0.717) is 11.4 Å². The molecule has 1 rings (SSSR count). The van der Waals surface area contributed by atoms with Crippen molar-refractivity contribution in [2.75, 3.05) is 37.0 Å². The van der Waals surface area contributed by atoms with E-state index in [1.807, 2.05) is 18.9 Å². The molecule has 0 saturated carbocycles. The first kappa shape index (κ1) is 16.9. The third kappa shape index (κ3) is 4.45. The average Bonchev–Trinajstić information content (AvgIpc) is 2.78. The monoisotopic (exact) mass is 318 g/mol. The number of hydrogen-bond donors (Lipinski definition) is 2. The number of carbonyl (C=O) groups excluding carboxylic acids is 1. The molecular weight excluding hydrogens is 296 g/mol. The maximum Gasteiger partial charge on any atom is 0.265 e. The van der Waals surface area contributed by atoms with Gasteiger partial charge in [-0.1, -0.05) is 18.3 Å². The third-order valence-corrected chi connectivity index (χ3v) is 5.33. The van der Waals surface area contributed by atoms with Crippen molar-refractivity contribution >= 4 is 39.0 Å². The van der Waals surface area contributed by atoms with Gasteiger partial charge in [-0.3, -0.25) is 9.00 Å². The van der Waals surface area contributed by atoms with Gasteiger partial charge in [-0.15, -0.1) is 0 Å². The smallest absolute Gasteiger partial charge is 0.265 e. The lowest BCUT2D eigenvalue weighted by molar-refractivity contribution is 0.0959. The van der Waals surface area contributed by atoms with Gasteiger partial charge < -0.3 is 16.0 Å².